The molecule has 0 aliphatic heterocycles. The summed E-state index contributed by atoms with van der Waals surface area (Å²) in [6.07, 6.45) is 4.09. The highest BCUT2D eigenvalue weighted by Gasteiger charge is 2.20. The van der Waals surface area contributed by atoms with E-state index in [-0.39, 0.29) is 0 Å². The minimum absolute atomic E-state index is 0.419. The Labute approximate surface area is 150 Å². The molecule has 2 aromatic rings. The van der Waals surface area contributed by atoms with Gasteiger partial charge in [-0.2, -0.15) is 0 Å². The van der Waals surface area contributed by atoms with Crippen molar-refractivity contribution < 1.29 is 18.8 Å². The van der Waals surface area contributed by atoms with Crippen molar-refractivity contribution in [1.29, 1.82) is 0 Å². The van der Waals surface area contributed by atoms with Crippen LogP contribution in [0.25, 0.3) is 0 Å². The largest absolute Gasteiger partial charge is 0.496 e. The van der Waals surface area contributed by atoms with E-state index in [2.05, 4.69) is 19.1 Å². The molecule has 5 heteroatoms. The summed E-state index contributed by atoms with van der Waals surface area (Å²) in [6.45, 7) is 2.88. The molecule has 0 spiro atoms. The fourth-order valence-corrected chi connectivity index (χ4v) is 4.35. The number of methoxy groups -OCH3 is 2. The third-order valence-corrected chi connectivity index (χ3v) is 5.78. The van der Waals surface area contributed by atoms with E-state index in [1.54, 1.807) is 14.2 Å². The van der Waals surface area contributed by atoms with E-state index < -0.39 is 8.15 Å². The van der Waals surface area contributed by atoms with Crippen LogP contribution in [0.5, 0.6) is 11.5 Å². The number of rotatable bonds is 10. The van der Waals surface area contributed by atoms with Crippen molar-refractivity contribution in [3.05, 3.63) is 48.0 Å². The maximum absolute atomic E-state index is 11.4. The van der Waals surface area contributed by atoms with Gasteiger partial charge in [0.25, 0.3) is 0 Å². The SMILES string of the molecule is CCCCCOP(c1ccccc1)c1cc(OC)c(C=O)c(OC)c1. The third kappa shape index (κ3) is 5.04. The highest BCUT2D eigenvalue weighted by atomic mass is 31.1. The van der Waals surface area contributed by atoms with E-state index in [9.17, 15) is 4.79 Å². The number of hydrogen-bond donors (Lipinski definition) is 0. The van der Waals surface area contributed by atoms with E-state index in [1.165, 1.54) is 0 Å². The van der Waals surface area contributed by atoms with Crippen molar-refractivity contribution >= 4 is 25.0 Å². The van der Waals surface area contributed by atoms with Crippen LogP contribution in [0, 0.1) is 0 Å². The fraction of sp³-hybridized carbons (Fsp3) is 0.350. The van der Waals surface area contributed by atoms with Crippen molar-refractivity contribution in [2.45, 2.75) is 26.2 Å². The van der Waals surface area contributed by atoms with E-state index in [0.29, 0.717) is 23.7 Å². The van der Waals surface area contributed by atoms with E-state index >= 15 is 0 Å². The lowest BCUT2D eigenvalue weighted by atomic mass is 10.2. The molecule has 0 aromatic heterocycles. The number of ether oxygens (including phenoxy) is 2. The first-order chi connectivity index (χ1) is 12.2. The second-order valence-corrected chi connectivity index (χ2v) is 7.43. The normalized spacial score (nSPS) is 11.8. The Balaban J connectivity index is 2.40. The molecule has 0 saturated heterocycles. The molecule has 0 aliphatic carbocycles. The first-order valence-corrected chi connectivity index (χ1v) is 9.70. The molecule has 134 valence electrons. The lowest BCUT2D eigenvalue weighted by molar-refractivity contribution is 0.111. The van der Waals surface area contributed by atoms with Gasteiger partial charge in [0.15, 0.2) is 6.29 Å². The van der Waals surface area contributed by atoms with Crippen LogP contribution in [-0.4, -0.2) is 27.1 Å². The summed E-state index contributed by atoms with van der Waals surface area (Å²) in [5, 5.41) is 2.09. The molecule has 0 heterocycles. The van der Waals surface area contributed by atoms with Gasteiger partial charge in [-0.3, -0.25) is 4.79 Å². The molecule has 0 fully saturated rings. The Morgan fingerprint density at radius 2 is 1.60 bits per heavy atom. The summed E-state index contributed by atoms with van der Waals surface area (Å²) in [4.78, 5) is 11.4. The monoisotopic (exact) mass is 360 g/mol. The summed E-state index contributed by atoms with van der Waals surface area (Å²) in [5.74, 6) is 1.01. The molecule has 0 N–H and O–H groups in total. The molecule has 1 unspecified atom stereocenters. The minimum Gasteiger partial charge on any atom is -0.496 e. The second-order valence-electron chi connectivity index (χ2n) is 5.55. The molecular weight excluding hydrogens is 335 g/mol. The number of hydrogen-bond acceptors (Lipinski definition) is 4. The first-order valence-electron chi connectivity index (χ1n) is 8.44. The molecule has 2 rings (SSSR count). The topological polar surface area (TPSA) is 44.8 Å². The standard InChI is InChI=1S/C20H25O4P/c1-4-5-9-12-24-25(16-10-7-6-8-11-16)17-13-19(22-2)18(15-21)20(14-17)23-3/h6-8,10-11,13-15H,4-5,9,12H2,1-3H3. The minimum atomic E-state index is -1.00. The van der Waals surface area contributed by atoms with Crippen LogP contribution < -0.4 is 20.1 Å². The van der Waals surface area contributed by atoms with Crippen LogP contribution in [0.15, 0.2) is 42.5 Å². The summed E-state index contributed by atoms with van der Waals surface area (Å²) in [6, 6.07) is 13.9. The number of aldehydes is 1. The van der Waals surface area contributed by atoms with Crippen LogP contribution in [0.1, 0.15) is 36.5 Å². The average molecular weight is 360 g/mol. The van der Waals surface area contributed by atoms with Crippen molar-refractivity contribution in [3.63, 3.8) is 0 Å². The summed E-state index contributed by atoms with van der Waals surface area (Å²) in [5.41, 5.74) is 0.419. The zero-order valence-electron chi connectivity index (χ0n) is 15.0. The lowest BCUT2D eigenvalue weighted by Crippen LogP contribution is -2.16. The van der Waals surface area contributed by atoms with Crippen LogP contribution >= 0.6 is 8.15 Å². The van der Waals surface area contributed by atoms with Crippen LogP contribution in [0.4, 0.5) is 0 Å². The number of unbranched alkanes of at least 4 members (excludes halogenated alkanes) is 2. The fourth-order valence-electron chi connectivity index (χ4n) is 2.53. The van der Waals surface area contributed by atoms with Gasteiger partial charge in [-0.05, 0) is 18.6 Å². The van der Waals surface area contributed by atoms with Gasteiger partial charge in [0.1, 0.15) is 11.5 Å². The molecule has 0 amide bonds. The van der Waals surface area contributed by atoms with Crippen molar-refractivity contribution in [3.8, 4) is 11.5 Å². The van der Waals surface area contributed by atoms with Gasteiger partial charge in [0.2, 0.25) is 0 Å². The van der Waals surface area contributed by atoms with Crippen molar-refractivity contribution in [2.75, 3.05) is 20.8 Å². The van der Waals surface area contributed by atoms with E-state index in [0.717, 1.165) is 36.2 Å². The Morgan fingerprint density at radius 1 is 0.960 bits per heavy atom. The molecule has 2 aromatic carbocycles. The Hall–Kier alpha value is -1.90. The van der Waals surface area contributed by atoms with Gasteiger partial charge in [-0.1, -0.05) is 50.1 Å². The second kappa shape index (κ2) is 10.2. The molecule has 1 atom stereocenters. The van der Waals surface area contributed by atoms with Gasteiger partial charge in [-0.25, -0.2) is 0 Å². The zero-order chi connectivity index (χ0) is 18.1. The van der Waals surface area contributed by atoms with E-state index in [1.807, 2.05) is 30.3 Å². The molecular formula is C20H25O4P. The molecule has 0 aliphatic rings. The molecule has 0 radical (unpaired) electrons. The maximum atomic E-state index is 11.4. The van der Waals surface area contributed by atoms with Gasteiger partial charge in [0.05, 0.1) is 34.5 Å². The van der Waals surface area contributed by atoms with Crippen molar-refractivity contribution in [2.24, 2.45) is 0 Å². The Bertz CT molecular complexity index is 648. The van der Waals surface area contributed by atoms with Gasteiger partial charge in [-0.15, -0.1) is 0 Å². The summed E-state index contributed by atoms with van der Waals surface area (Å²) >= 11 is 0. The highest BCUT2D eigenvalue weighted by molar-refractivity contribution is 7.68. The van der Waals surface area contributed by atoms with Gasteiger partial charge >= 0.3 is 0 Å². The van der Waals surface area contributed by atoms with Gasteiger partial charge < -0.3 is 14.0 Å². The summed E-state index contributed by atoms with van der Waals surface area (Å²) in [7, 11) is 2.10. The maximum Gasteiger partial charge on any atom is 0.157 e. The summed E-state index contributed by atoms with van der Waals surface area (Å²) < 4.78 is 17.0. The molecule has 0 saturated carbocycles. The van der Waals surface area contributed by atoms with Crippen LogP contribution in [0.2, 0.25) is 0 Å². The third-order valence-electron chi connectivity index (χ3n) is 3.84. The average Bonchev–Trinajstić information content (AvgIpc) is 2.67. The predicted octanol–water partition coefficient (Wildman–Crippen LogP) is 4.07. The molecule has 4 nitrogen and oxygen atoms in total. The quantitative estimate of drug-likeness (QED) is 0.364. The van der Waals surface area contributed by atoms with Crippen LogP contribution in [-0.2, 0) is 4.52 Å². The number of carbonyl (C=O) groups is 1. The Kier molecular flexibility index (Phi) is 7.90. The highest BCUT2D eigenvalue weighted by Crippen LogP contribution is 2.39. The zero-order valence-corrected chi connectivity index (χ0v) is 15.9. The number of benzene rings is 2. The lowest BCUT2D eigenvalue weighted by Gasteiger charge is -2.21. The van der Waals surface area contributed by atoms with Crippen LogP contribution in [0.3, 0.4) is 0 Å². The van der Waals surface area contributed by atoms with Crippen molar-refractivity contribution in [1.82, 2.24) is 0 Å². The number of carbonyl (C=O) groups excluding carboxylic acids is 1. The molecule has 25 heavy (non-hydrogen) atoms. The smallest absolute Gasteiger partial charge is 0.157 e. The first kappa shape index (κ1) is 19.4. The Morgan fingerprint density at radius 3 is 2.12 bits per heavy atom. The van der Waals surface area contributed by atoms with E-state index in [4.69, 9.17) is 14.0 Å². The van der Waals surface area contributed by atoms with Gasteiger partial charge in [0, 0.05) is 10.6 Å². The predicted molar refractivity (Wildman–Crippen MR) is 103 cm³/mol. The molecule has 0 bridgehead atoms.